The Morgan fingerprint density at radius 1 is 1.03 bits per heavy atom. The van der Waals surface area contributed by atoms with Crippen molar-refractivity contribution in [1.29, 1.82) is 0 Å². The van der Waals surface area contributed by atoms with Gasteiger partial charge in [0.15, 0.2) is 5.11 Å². The molecular weight excluding hydrogens is 482 g/mol. The van der Waals surface area contributed by atoms with Gasteiger partial charge in [-0.25, -0.2) is 0 Å². The normalized spacial score (nSPS) is 24.1. The number of nitrogens with one attached hydrogen (secondary N) is 1. The number of hydrogen-bond donors (Lipinski definition) is 1. The lowest BCUT2D eigenvalue weighted by Gasteiger charge is -2.30. The zero-order chi connectivity index (χ0) is 25.4. The molecule has 6 rings (SSSR count). The third-order valence-corrected chi connectivity index (χ3v) is 8.25. The molecule has 1 N–H and O–H groups in total. The van der Waals surface area contributed by atoms with Crippen LogP contribution in [0.1, 0.15) is 47.6 Å². The quantitative estimate of drug-likeness (QED) is 0.484. The summed E-state index contributed by atoms with van der Waals surface area (Å²) in [6.07, 6.45) is 4.26. The molecule has 3 atom stereocenters. The highest BCUT2D eigenvalue weighted by Crippen LogP contribution is 2.42. The van der Waals surface area contributed by atoms with Gasteiger partial charge in [0, 0.05) is 55.2 Å². The van der Waals surface area contributed by atoms with E-state index in [0.717, 1.165) is 63.1 Å². The van der Waals surface area contributed by atoms with Crippen LogP contribution in [0, 0.1) is 13.8 Å². The second-order valence-corrected chi connectivity index (χ2v) is 10.6. The summed E-state index contributed by atoms with van der Waals surface area (Å²) in [5, 5.41) is 4.37. The maximum absolute atomic E-state index is 6.02. The second kappa shape index (κ2) is 10.4. The van der Waals surface area contributed by atoms with Crippen molar-refractivity contribution in [2.75, 3.05) is 44.4 Å². The average Bonchev–Trinajstić information content (AvgIpc) is 3.64. The minimum Gasteiger partial charge on any atom is -0.378 e. The van der Waals surface area contributed by atoms with Crippen LogP contribution in [0.5, 0.6) is 0 Å². The molecule has 1 aromatic carbocycles. The standard InChI is InChI=1S/C29H35N5O2S/c1-20-18-25(21(2)34(20)23-10-8-22(9-11-23)32-13-16-35-17-14-32)28-27(26-7-3-4-12-30-26)31-29(37)33(28)19-24-6-5-15-36-24/h3-4,7-12,18,24,27-28H,5-6,13-17,19H2,1-2H3,(H,31,37)/t24-,27-,28+/m0/s1. The molecule has 3 saturated heterocycles. The van der Waals surface area contributed by atoms with Crippen molar-refractivity contribution in [2.24, 2.45) is 0 Å². The van der Waals surface area contributed by atoms with Gasteiger partial charge in [-0.3, -0.25) is 4.98 Å². The molecule has 5 heterocycles. The smallest absolute Gasteiger partial charge is 0.170 e. The summed E-state index contributed by atoms with van der Waals surface area (Å²) in [6, 6.07) is 17.4. The van der Waals surface area contributed by atoms with E-state index in [-0.39, 0.29) is 18.2 Å². The maximum Gasteiger partial charge on any atom is 0.170 e. The van der Waals surface area contributed by atoms with Crippen molar-refractivity contribution in [3.63, 3.8) is 0 Å². The van der Waals surface area contributed by atoms with E-state index in [1.165, 1.54) is 28.3 Å². The lowest BCUT2D eigenvalue weighted by molar-refractivity contribution is 0.0842. The number of aryl methyl sites for hydroxylation is 1. The predicted molar refractivity (Wildman–Crippen MR) is 149 cm³/mol. The van der Waals surface area contributed by atoms with Gasteiger partial charge in [-0.15, -0.1) is 0 Å². The second-order valence-electron chi connectivity index (χ2n) is 10.2. The van der Waals surface area contributed by atoms with Crippen LogP contribution in [0.3, 0.4) is 0 Å². The number of pyridine rings is 1. The fourth-order valence-electron chi connectivity index (χ4n) is 6.07. The number of aromatic nitrogens is 2. The molecule has 8 heteroatoms. The average molecular weight is 518 g/mol. The number of ether oxygens (including phenoxy) is 2. The van der Waals surface area contributed by atoms with Crippen LogP contribution in [0.2, 0.25) is 0 Å². The summed E-state index contributed by atoms with van der Waals surface area (Å²) in [5.41, 5.74) is 7.14. The van der Waals surface area contributed by atoms with Crippen molar-refractivity contribution < 1.29 is 9.47 Å². The van der Waals surface area contributed by atoms with E-state index in [1.54, 1.807) is 0 Å². The Morgan fingerprint density at radius 2 is 1.81 bits per heavy atom. The van der Waals surface area contributed by atoms with Gasteiger partial charge in [0.25, 0.3) is 0 Å². The number of rotatable bonds is 6. The lowest BCUT2D eigenvalue weighted by Crippen LogP contribution is -2.36. The molecule has 7 nitrogen and oxygen atoms in total. The summed E-state index contributed by atoms with van der Waals surface area (Å²) >= 11 is 5.89. The van der Waals surface area contributed by atoms with Gasteiger partial charge >= 0.3 is 0 Å². The number of nitrogens with zero attached hydrogens (tertiary/aromatic N) is 4. The zero-order valence-corrected chi connectivity index (χ0v) is 22.4. The molecule has 37 heavy (non-hydrogen) atoms. The Labute approximate surface area is 224 Å². The van der Waals surface area contributed by atoms with E-state index in [1.807, 2.05) is 18.3 Å². The Kier molecular flexibility index (Phi) is 6.88. The van der Waals surface area contributed by atoms with Crippen molar-refractivity contribution in [3.05, 3.63) is 77.4 Å². The van der Waals surface area contributed by atoms with Crippen molar-refractivity contribution in [1.82, 2.24) is 19.8 Å². The Bertz CT molecular complexity index is 1230. The molecule has 194 valence electrons. The number of hydrogen-bond acceptors (Lipinski definition) is 5. The minimum atomic E-state index is -0.0206. The monoisotopic (exact) mass is 517 g/mol. The SMILES string of the molecule is Cc1cc([C@@H]2[C@H](c3ccccn3)NC(=S)N2C[C@@H]2CCCO2)c(C)n1-c1ccc(N2CCOCC2)cc1. The summed E-state index contributed by atoms with van der Waals surface area (Å²) in [5.74, 6) is 0. The van der Waals surface area contributed by atoms with E-state index in [4.69, 9.17) is 26.7 Å². The molecule has 0 radical (unpaired) electrons. The highest BCUT2D eigenvalue weighted by Gasteiger charge is 2.42. The molecule has 3 fully saturated rings. The number of thiocarbonyl (C=S) groups is 1. The molecule has 2 aromatic heterocycles. The van der Waals surface area contributed by atoms with Crippen LogP contribution in [-0.2, 0) is 9.47 Å². The molecular formula is C29H35N5O2S. The van der Waals surface area contributed by atoms with Gasteiger partial charge in [0.05, 0.1) is 37.1 Å². The molecule has 3 aliphatic rings. The van der Waals surface area contributed by atoms with Gasteiger partial charge in [-0.05, 0) is 86.9 Å². The first-order valence-electron chi connectivity index (χ1n) is 13.3. The molecule has 0 unspecified atom stereocenters. The van der Waals surface area contributed by atoms with Crippen LogP contribution >= 0.6 is 12.2 Å². The van der Waals surface area contributed by atoms with E-state index >= 15 is 0 Å². The van der Waals surface area contributed by atoms with Crippen molar-refractivity contribution in [2.45, 2.75) is 44.9 Å². The lowest BCUT2D eigenvalue weighted by atomic mass is 9.96. The fourth-order valence-corrected chi connectivity index (χ4v) is 6.38. The van der Waals surface area contributed by atoms with Crippen molar-refractivity contribution in [3.8, 4) is 5.69 Å². The van der Waals surface area contributed by atoms with Crippen LogP contribution in [0.15, 0.2) is 54.7 Å². The van der Waals surface area contributed by atoms with Gasteiger partial charge in [0.2, 0.25) is 0 Å². The fraction of sp³-hybridized carbons (Fsp3) is 0.448. The van der Waals surface area contributed by atoms with Crippen LogP contribution in [0.25, 0.3) is 5.69 Å². The summed E-state index contributed by atoms with van der Waals surface area (Å²) < 4.78 is 13.9. The molecule has 3 aromatic rings. The summed E-state index contributed by atoms with van der Waals surface area (Å²) in [7, 11) is 0. The topological polar surface area (TPSA) is 54.8 Å². The molecule has 0 saturated carbocycles. The third-order valence-electron chi connectivity index (χ3n) is 7.90. The van der Waals surface area contributed by atoms with Gasteiger partial charge in [-0.1, -0.05) is 6.07 Å². The van der Waals surface area contributed by atoms with Crippen LogP contribution in [-0.4, -0.2) is 65.1 Å². The first kappa shape index (κ1) is 24.4. The number of morpholine rings is 1. The van der Waals surface area contributed by atoms with E-state index in [9.17, 15) is 0 Å². The first-order valence-corrected chi connectivity index (χ1v) is 13.7. The van der Waals surface area contributed by atoms with Crippen LogP contribution < -0.4 is 10.2 Å². The highest BCUT2D eigenvalue weighted by atomic mass is 32.1. The molecule has 3 aliphatic heterocycles. The summed E-state index contributed by atoms with van der Waals surface area (Å²) in [6.45, 7) is 9.49. The molecule has 0 amide bonds. The maximum atomic E-state index is 6.02. The Morgan fingerprint density at radius 3 is 2.51 bits per heavy atom. The first-order chi connectivity index (χ1) is 18.1. The molecule has 0 aliphatic carbocycles. The third kappa shape index (κ3) is 4.74. The number of benzene rings is 1. The van der Waals surface area contributed by atoms with E-state index in [2.05, 4.69) is 69.9 Å². The highest BCUT2D eigenvalue weighted by molar-refractivity contribution is 7.80. The minimum absolute atomic E-state index is 0.0206. The van der Waals surface area contributed by atoms with E-state index < -0.39 is 0 Å². The zero-order valence-electron chi connectivity index (χ0n) is 21.6. The van der Waals surface area contributed by atoms with Crippen molar-refractivity contribution >= 4 is 23.0 Å². The Balaban J connectivity index is 1.35. The van der Waals surface area contributed by atoms with Crippen LogP contribution in [0.4, 0.5) is 5.69 Å². The van der Waals surface area contributed by atoms with Gasteiger partial charge in [0.1, 0.15) is 0 Å². The Hall–Kier alpha value is -2.94. The van der Waals surface area contributed by atoms with Gasteiger partial charge in [-0.2, -0.15) is 0 Å². The summed E-state index contributed by atoms with van der Waals surface area (Å²) in [4.78, 5) is 9.43. The molecule has 0 bridgehead atoms. The number of anilines is 1. The van der Waals surface area contributed by atoms with E-state index in [0.29, 0.717) is 0 Å². The van der Waals surface area contributed by atoms with Gasteiger partial charge < -0.3 is 29.2 Å². The molecule has 0 spiro atoms. The largest absolute Gasteiger partial charge is 0.378 e. The predicted octanol–water partition coefficient (Wildman–Crippen LogP) is 4.48.